The fourth-order valence-electron chi connectivity index (χ4n) is 2.21. The molecule has 0 saturated carbocycles. The van der Waals surface area contributed by atoms with Crippen LogP contribution >= 0.6 is 0 Å². The standard InChI is InChI=1S/C17H20FN3O4S/c1-20(2)26(23,24)21(15-10-6-4-8-13(15)18)12-17(22)19-14-9-5-7-11-16(14)25-3/h4-11H,12H2,1-3H3,(H,19,22). The molecule has 0 fully saturated rings. The van der Waals surface area contributed by atoms with Crippen LogP contribution in [0.5, 0.6) is 5.75 Å². The lowest BCUT2D eigenvalue weighted by Crippen LogP contribution is -2.44. The van der Waals surface area contributed by atoms with E-state index in [0.717, 1.165) is 10.4 Å². The van der Waals surface area contributed by atoms with Crippen LogP contribution in [0.15, 0.2) is 48.5 Å². The molecule has 0 radical (unpaired) electrons. The number of rotatable bonds is 7. The fourth-order valence-corrected chi connectivity index (χ4v) is 3.28. The Kier molecular flexibility index (Phi) is 6.17. The normalized spacial score (nSPS) is 11.3. The summed E-state index contributed by atoms with van der Waals surface area (Å²) in [5.74, 6) is -0.958. The van der Waals surface area contributed by atoms with Gasteiger partial charge in [0.25, 0.3) is 0 Å². The molecule has 0 aliphatic heterocycles. The van der Waals surface area contributed by atoms with Crippen molar-refractivity contribution in [3.05, 3.63) is 54.3 Å². The first-order chi connectivity index (χ1) is 12.3. The van der Waals surface area contributed by atoms with Crippen molar-refractivity contribution in [1.82, 2.24) is 4.31 Å². The highest BCUT2D eigenvalue weighted by Gasteiger charge is 2.29. The molecule has 0 unspecified atom stereocenters. The van der Waals surface area contributed by atoms with Crippen molar-refractivity contribution in [2.75, 3.05) is 37.4 Å². The zero-order chi connectivity index (χ0) is 19.3. The van der Waals surface area contributed by atoms with E-state index in [-0.39, 0.29) is 5.69 Å². The van der Waals surface area contributed by atoms with Gasteiger partial charge in [0, 0.05) is 14.1 Å². The van der Waals surface area contributed by atoms with Gasteiger partial charge in [0.1, 0.15) is 18.1 Å². The zero-order valence-electron chi connectivity index (χ0n) is 14.6. The molecule has 0 aromatic heterocycles. The van der Waals surface area contributed by atoms with E-state index >= 15 is 0 Å². The van der Waals surface area contributed by atoms with Gasteiger partial charge in [0.2, 0.25) is 5.91 Å². The summed E-state index contributed by atoms with van der Waals surface area (Å²) in [7, 11) is -0.0178. The van der Waals surface area contributed by atoms with Crippen LogP contribution in [0.3, 0.4) is 0 Å². The van der Waals surface area contributed by atoms with Crippen molar-refractivity contribution in [2.45, 2.75) is 0 Å². The lowest BCUT2D eigenvalue weighted by atomic mass is 10.3. The highest BCUT2D eigenvalue weighted by molar-refractivity contribution is 7.90. The zero-order valence-corrected chi connectivity index (χ0v) is 15.5. The first-order valence-corrected chi connectivity index (χ1v) is 9.04. The first-order valence-electron chi connectivity index (χ1n) is 7.65. The second-order valence-corrected chi connectivity index (χ2v) is 7.56. The number of ether oxygens (including phenoxy) is 1. The maximum absolute atomic E-state index is 14.2. The van der Waals surface area contributed by atoms with Crippen molar-refractivity contribution >= 4 is 27.5 Å². The third kappa shape index (κ3) is 4.30. The minimum Gasteiger partial charge on any atom is -0.495 e. The van der Waals surface area contributed by atoms with Gasteiger partial charge in [-0.1, -0.05) is 24.3 Å². The van der Waals surface area contributed by atoms with Gasteiger partial charge < -0.3 is 10.1 Å². The highest BCUT2D eigenvalue weighted by Crippen LogP contribution is 2.25. The van der Waals surface area contributed by atoms with Crippen molar-refractivity contribution < 1.29 is 22.3 Å². The second-order valence-electron chi connectivity index (χ2n) is 5.50. The molecule has 9 heteroatoms. The number of nitrogens with one attached hydrogen (secondary N) is 1. The van der Waals surface area contributed by atoms with E-state index in [1.165, 1.54) is 39.4 Å². The summed E-state index contributed by atoms with van der Waals surface area (Å²) in [6, 6.07) is 12.1. The minimum atomic E-state index is -4.08. The van der Waals surface area contributed by atoms with Crippen LogP contribution in [0.2, 0.25) is 0 Å². The summed E-state index contributed by atoms with van der Waals surface area (Å²) in [6.45, 7) is -0.598. The summed E-state index contributed by atoms with van der Waals surface area (Å²) < 4.78 is 46.1. The molecular formula is C17H20FN3O4S. The number of amides is 1. The SMILES string of the molecule is COc1ccccc1NC(=O)CN(c1ccccc1F)S(=O)(=O)N(C)C. The highest BCUT2D eigenvalue weighted by atomic mass is 32.2. The number of methoxy groups -OCH3 is 1. The van der Waals surface area contributed by atoms with Gasteiger partial charge in [-0.3, -0.25) is 4.79 Å². The molecule has 26 heavy (non-hydrogen) atoms. The van der Waals surface area contributed by atoms with Crippen LogP contribution in [0.1, 0.15) is 0 Å². The monoisotopic (exact) mass is 381 g/mol. The van der Waals surface area contributed by atoms with E-state index in [0.29, 0.717) is 15.7 Å². The maximum atomic E-state index is 14.2. The molecule has 0 spiro atoms. The van der Waals surface area contributed by atoms with Gasteiger partial charge in [-0.15, -0.1) is 0 Å². The Morgan fingerprint density at radius 2 is 1.73 bits per heavy atom. The molecule has 1 amide bonds. The summed E-state index contributed by atoms with van der Waals surface area (Å²) in [5.41, 5.74) is 0.173. The third-order valence-corrected chi connectivity index (χ3v) is 5.34. The predicted octanol–water partition coefficient (Wildman–Crippen LogP) is 2.09. The molecule has 2 aromatic carbocycles. The largest absolute Gasteiger partial charge is 0.495 e. The van der Waals surface area contributed by atoms with Crippen LogP contribution in [0, 0.1) is 5.82 Å². The Labute approximate surface area is 152 Å². The van der Waals surface area contributed by atoms with E-state index in [2.05, 4.69) is 5.32 Å². The Morgan fingerprint density at radius 1 is 1.12 bits per heavy atom. The molecule has 0 heterocycles. The molecule has 0 aliphatic rings. The summed E-state index contributed by atoms with van der Waals surface area (Å²) >= 11 is 0. The Bertz CT molecular complexity index is 887. The van der Waals surface area contributed by atoms with Crippen LogP contribution in [-0.4, -0.2) is 46.4 Å². The van der Waals surface area contributed by atoms with Gasteiger partial charge in [0.05, 0.1) is 18.5 Å². The molecule has 7 nitrogen and oxygen atoms in total. The minimum absolute atomic E-state index is 0.212. The maximum Gasteiger partial charge on any atom is 0.304 e. The number of anilines is 2. The third-order valence-electron chi connectivity index (χ3n) is 3.53. The van der Waals surface area contributed by atoms with Crippen LogP contribution in [0.25, 0.3) is 0 Å². The molecular weight excluding hydrogens is 361 g/mol. The Hall–Kier alpha value is -2.65. The summed E-state index contributed by atoms with van der Waals surface area (Å²) in [6.07, 6.45) is 0. The average Bonchev–Trinajstić information content (AvgIpc) is 2.60. The number of nitrogens with zero attached hydrogens (tertiary/aromatic N) is 2. The topological polar surface area (TPSA) is 79.0 Å². The van der Waals surface area contributed by atoms with Crippen molar-refractivity contribution in [3.63, 3.8) is 0 Å². The molecule has 0 atom stereocenters. The van der Waals surface area contributed by atoms with E-state index in [4.69, 9.17) is 4.74 Å². The van der Waals surface area contributed by atoms with Crippen molar-refractivity contribution in [2.24, 2.45) is 0 Å². The predicted molar refractivity (Wildman–Crippen MR) is 98.0 cm³/mol. The molecule has 1 N–H and O–H groups in total. The summed E-state index contributed by atoms with van der Waals surface area (Å²) in [5, 5.41) is 2.58. The second kappa shape index (κ2) is 8.15. The number of carbonyl (C=O) groups excluding carboxylic acids is 1. The van der Waals surface area contributed by atoms with E-state index in [1.54, 1.807) is 24.3 Å². The van der Waals surface area contributed by atoms with Crippen LogP contribution in [-0.2, 0) is 15.0 Å². The molecule has 0 aliphatic carbocycles. The van der Waals surface area contributed by atoms with Gasteiger partial charge >= 0.3 is 10.2 Å². The lowest BCUT2D eigenvalue weighted by molar-refractivity contribution is -0.114. The van der Waals surface area contributed by atoms with Crippen molar-refractivity contribution in [1.29, 1.82) is 0 Å². The number of carbonyl (C=O) groups is 1. The Morgan fingerprint density at radius 3 is 2.35 bits per heavy atom. The number of hydrogen-bond acceptors (Lipinski definition) is 4. The number of hydrogen-bond donors (Lipinski definition) is 1. The average molecular weight is 381 g/mol. The molecule has 140 valence electrons. The fraction of sp³-hybridized carbons (Fsp3) is 0.235. The van der Waals surface area contributed by atoms with Crippen LogP contribution in [0.4, 0.5) is 15.8 Å². The van der Waals surface area contributed by atoms with Gasteiger partial charge in [-0.25, -0.2) is 8.70 Å². The number of para-hydroxylation sites is 3. The van der Waals surface area contributed by atoms with E-state index < -0.39 is 28.5 Å². The molecule has 0 saturated heterocycles. The molecule has 2 rings (SSSR count). The molecule has 2 aromatic rings. The van der Waals surface area contributed by atoms with E-state index in [1.807, 2.05) is 0 Å². The van der Waals surface area contributed by atoms with Gasteiger partial charge in [0.15, 0.2) is 0 Å². The summed E-state index contributed by atoms with van der Waals surface area (Å²) in [4.78, 5) is 12.4. The van der Waals surface area contributed by atoms with Gasteiger partial charge in [-0.05, 0) is 24.3 Å². The smallest absolute Gasteiger partial charge is 0.304 e. The Balaban J connectivity index is 2.33. The van der Waals surface area contributed by atoms with Crippen LogP contribution < -0.4 is 14.4 Å². The van der Waals surface area contributed by atoms with Gasteiger partial charge in [-0.2, -0.15) is 12.7 Å². The van der Waals surface area contributed by atoms with E-state index in [9.17, 15) is 17.6 Å². The lowest BCUT2D eigenvalue weighted by Gasteiger charge is -2.27. The quantitative estimate of drug-likeness (QED) is 0.797. The van der Waals surface area contributed by atoms with Crippen molar-refractivity contribution in [3.8, 4) is 5.75 Å². The number of halogens is 1. The molecule has 0 bridgehead atoms. The number of benzene rings is 2. The first kappa shape index (κ1) is 19.7.